The third-order valence-electron chi connectivity index (χ3n) is 4.50. The van der Waals surface area contributed by atoms with Gasteiger partial charge in [0.1, 0.15) is 23.9 Å². The van der Waals surface area contributed by atoms with Gasteiger partial charge in [-0.1, -0.05) is 29.6 Å². The van der Waals surface area contributed by atoms with E-state index < -0.39 is 16.0 Å². The predicted molar refractivity (Wildman–Crippen MR) is 111 cm³/mol. The number of sulfonamides is 1. The van der Waals surface area contributed by atoms with Crippen LogP contribution in [0, 0.1) is 0 Å². The lowest BCUT2D eigenvalue weighted by Gasteiger charge is -2.26. The lowest BCUT2D eigenvalue weighted by atomic mass is 10.2. The first-order valence-electron chi connectivity index (χ1n) is 9.23. The topological polar surface area (TPSA) is 72.9 Å². The molecule has 0 aliphatic carbocycles. The van der Waals surface area contributed by atoms with Crippen LogP contribution < -0.4 is 4.74 Å². The van der Waals surface area contributed by atoms with Crippen molar-refractivity contribution in [1.82, 2.24) is 4.31 Å². The van der Waals surface area contributed by atoms with Crippen molar-refractivity contribution in [2.45, 2.75) is 24.2 Å². The Hall–Kier alpha value is -1.80. The Bertz CT molecular complexity index is 957. The van der Waals surface area contributed by atoms with Crippen molar-refractivity contribution in [3.63, 3.8) is 0 Å². The third-order valence-corrected chi connectivity index (χ3v) is 7.13. The molecule has 0 bridgehead atoms. The summed E-state index contributed by atoms with van der Waals surface area (Å²) in [6.45, 7) is 1.07. The molecule has 29 heavy (non-hydrogen) atoms. The van der Waals surface area contributed by atoms with E-state index in [0.717, 1.165) is 19.3 Å². The van der Waals surface area contributed by atoms with Crippen molar-refractivity contribution in [1.29, 1.82) is 0 Å². The highest BCUT2D eigenvalue weighted by molar-refractivity contribution is 7.89. The summed E-state index contributed by atoms with van der Waals surface area (Å²) in [5, 5.41) is 0.681. The molecular formula is C20H21Cl2NO5S. The van der Waals surface area contributed by atoms with Crippen LogP contribution in [0.4, 0.5) is 0 Å². The SMILES string of the molecule is O=C(OCCOc1ccc(Cl)cc1)c1ccc(Cl)c(S(=O)(=O)N2CCCCC2)c1. The number of carbonyl (C=O) groups is 1. The second-order valence-electron chi connectivity index (χ2n) is 6.55. The van der Waals surface area contributed by atoms with E-state index in [1.807, 2.05) is 0 Å². The third kappa shape index (κ3) is 5.63. The number of ether oxygens (including phenoxy) is 2. The number of piperidine rings is 1. The van der Waals surface area contributed by atoms with Gasteiger partial charge in [0.25, 0.3) is 0 Å². The van der Waals surface area contributed by atoms with E-state index in [4.69, 9.17) is 32.7 Å². The predicted octanol–water partition coefficient (Wildman–Crippen LogP) is 4.40. The van der Waals surface area contributed by atoms with E-state index in [-0.39, 0.29) is 28.7 Å². The smallest absolute Gasteiger partial charge is 0.338 e. The van der Waals surface area contributed by atoms with E-state index in [1.54, 1.807) is 24.3 Å². The van der Waals surface area contributed by atoms with Crippen molar-refractivity contribution >= 4 is 39.2 Å². The maximum absolute atomic E-state index is 12.9. The van der Waals surface area contributed by atoms with Crippen LogP contribution >= 0.6 is 23.2 Å². The minimum absolute atomic E-state index is 0.0122. The summed E-state index contributed by atoms with van der Waals surface area (Å²) in [6.07, 6.45) is 2.63. The van der Waals surface area contributed by atoms with Crippen molar-refractivity contribution in [3.8, 4) is 5.75 Å². The van der Waals surface area contributed by atoms with Gasteiger partial charge in [-0.25, -0.2) is 13.2 Å². The van der Waals surface area contributed by atoms with Gasteiger partial charge >= 0.3 is 5.97 Å². The minimum Gasteiger partial charge on any atom is -0.490 e. The Labute approximate surface area is 180 Å². The zero-order valence-corrected chi connectivity index (χ0v) is 18.0. The Morgan fingerprint density at radius 3 is 2.34 bits per heavy atom. The van der Waals surface area contributed by atoms with Gasteiger partial charge in [-0.2, -0.15) is 4.31 Å². The quantitative estimate of drug-likeness (QED) is 0.454. The van der Waals surface area contributed by atoms with E-state index in [9.17, 15) is 13.2 Å². The highest BCUT2D eigenvalue weighted by Crippen LogP contribution is 2.28. The van der Waals surface area contributed by atoms with Crippen LogP contribution in [0.5, 0.6) is 5.75 Å². The molecule has 1 aliphatic rings. The Kier molecular flexibility index (Phi) is 7.40. The normalized spacial score (nSPS) is 15.1. The lowest BCUT2D eigenvalue weighted by Crippen LogP contribution is -2.35. The summed E-state index contributed by atoms with van der Waals surface area (Å²) in [4.78, 5) is 12.2. The number of rotatable bonds is 7. The van der Waals surface area contributed by atoms with Crippen LogP contribution in [-0.4, -0.2) is 45.0 Å². The average Bonchev–Trinajstić information content (AvgIpc) is 2.73. The molecule has 2 aromatic rings. The fourth-order valence-electron chi connectivity index (χ4n) is 2.98. The van der Waals surface area contributed by atoms with Gasteiger partial charge in [0.2, 0.25) is 10.0 Å². The summed E-state index contributed by atoms with van der Waals surface area (Å²) in [5.41, 5.74) is 0.122. The maximum Gasteiger partial charge on any atom is 0.338 e. The van der Waals surface area contributed by atoms with Crippen LogP contribution in [0.2, 0.25) is 10.0 Å². The average molecular weight is 458 g/mol. The lowest BCUT2D eigenvalue weighted by molar-refractivity contribution is 0.0450. The van der Waals surface area contributed by atoms with Gasteiger partial charge in [-0.15, -0.1) is 0 Å². The standard InChI is InChI=1S/C20H21Cl2NO5S/c21-16-5-7-17(8-6-16)27-12-13-28-20(24)15-4-9-18(22)19(14-15)29(25,26)23-10-2-1-3-11-23/h4-9,14H,1-3,10-13H2. The fourth-order valence-corrected chi connectivity index (χ4v) is 5.12. The van der Waals surface area contributed by atoms with Crippen molar-refractivity contribution in [2.24, 2.45) is 0 Å². The number of esters is 1. The fraction of sp³-hybridized carbons (Fsp3) is 0.350. The largest absolute Gasteiger partial charge is 0.490 e. The van der Waals surface area contributed by atoms with E-state index in [2.05, 4.69) is 0 Å². The van der Waals surface area contributed by atoms with Gasteiger partial charge in [-0.05, 0) is 55.3 Å². The van der Waals surface area contributed by atoms with Crippen LogP contribution in [-0.2, 0) is 14.8 Å². The molecule has 0 atom stereocenters. The second-order valence-corrected chi connectivity index (χ2v) is 9.30. The molecule has 0 spiro atoms. The number of hydrogen-bond acceptors (Lipinski definition) is 5. The van der Waals surface area contributed by atoms with Crippen molar-refractivity contribution in [2.75, 3.05) is 26.3 Å². The highest BCUT2D eigenvalue weighted by Gasteiger charge is 2.29. The number of hydrogen-bond donors (Lipinski definition) is 0. The molecule has 1 fully saturated rings. The van der Waals surface area contributed by atoms with Crippen molar-refractivity contribution < 1.29 is 22.7 Å². The molecule has 0 N–H and O–H groups in total. The Morgan fingerprint density at radius 1 is 0.966 bits per heavy atom. The molecule has 6 nitrogen and oxygen atoms in total. The summed E-state index contributed by atoms with van der Waals surface area (Å²) in [7, 11) is -3.76. The molecule has 156 valence electrons. The maximum atomic E-state index is 12.9. The molecule has 0 radical (unpaired) electrons. The molecule has 9 heteroatoms. The summed E-state index contributed by atoms with van der Waals surface area (Å²) < 4.78 is 37.8. The van der Waals surface area contributed by atoms with E-state index in [1.165, 1.54) is 22.5 Å². The number of benzene rings is 2. The number of halogens is 2. The van der Waals surface area contributed by atoms with Crippen LogP contribution in [0.3, 0.4) is 0 Å². The Balaban J connectivity index is 1.62. The number of carbonyl (C=O) groups excluding carboxylic acids is 1. The molecule has 0 aromatic heterocycles. The zero-order chi connectivity index (χ0) is 20.9. The molecule has 0 amide bonds. The Morgan fingerprint density at radius 2 is 1.66 bits per heavy atom. The molecule has 3 rings (SSSR count). The summed E-state index contributed by atoms with van der Waals surface area (Å²) >= 11 is 11.9. The van der Waals surface area contributed by atoms with Crippen LogP contribution in [0.25, 0.3) is 0 Å². The molecular weight excluding hydrogens is 437 g/mol. The molecule has 0 saturated carbocycles. The first-order valence-corrected chi connectivity index (χ1v) is 11.4. The number of nitrogens with zero attached hydrogens (tertiary/aromatic N) is 1. The van der Waals surface area contributed by atoms with Gasteiger partial charge < -0.3 is 9.47 Å². The summed E-state index contributed by atoms with van der Waals surface area (Å²) in [5.74, 6) is -0.0386. The molecule has 1 aliphatic heterocycles. The molecule has 2 aromatic carbocycles. The second kappa shape index (κ2) is 9.80. The van der Waals surface area contributed by atoms with Crippen LogP contribution in [0.15, 0.2) is 47.4 Å². The van der Waals surface area contributed by atoms with Gasteiger partial charge in [-0.3, -0.25) is 0 Å². The van der Waals surface area contributed by atoms with E-state index >= 15 is 0 Å². The van der Waals surface area contributed by atoms with Gasteiger partial charge in [0.15, 0.2) is 0 Å². The van der Waals surface area contributed by atoms with Crippen molar-refractivity contribution in [3.05, 3.63) is 58.1 Å². The van der Waals surface area contributed by atoms with Gasteiger partial charge in [0, 0.05) is 18.1 Å². The van der Waals surface area contributed by atoms with E-state index in [0.29, 0.717) is 23.9 Å². The minimum atomic E-state index is -3.76. The molecule has 1 heterocycles. The van der Waals surface area contributed by atoms with Gasteiger partial charge in [0.05, 0.1) is 10.6 Å². The zero-order valence-electron chi connectivity index (χ0n) is 15.6. The first kappa shape index (κ1) is 21.9. The summed E-state index contributed by atoms with van der Waals surface area (Å²) in [6, 6.07) is 10.9. The van der Waals surface area contributed by atoms with Crippen LogP contribution in [0.1, 0.15) is 29.6 Å². The highest BCUT2D eigenvalue weighted by atomic mass is 35.5. The monoisotopic (exact) mass is 457 g/mol. The molecule has 1 saturated heterocycles. The first-order chi connectivity index (χ1) is 13.9. The molecule has 0 unspecified atom stereocenters.